The summed E-state index contributed by atoms with van der Waals surface area (Å²) in [5.74, 6) is -3.10. The van der Waals surface area contributed by atoms with Crippen molar-refractivity contribution in [2.24, 2.45) is 0 Å². The quantitative estimate of drug-likeness (QED) is 0.828. The Morgan fingerprint density at radius 3 is 2.72 bits per heavy atom. The highest BCUT2D eigenvalue weighted by atomic mass is 19.2. The largest absolute Gasteiger partial charge is 0.467 e. The first-order valence-corrected chi connectivity index (χ1v) is 5.18. The Labute approximate surface area is 101 Å². The number of halogens is 3. The van der Waals surface area contributed by atoms with Crippen LogP contribution in [-0.4, -0.2) is 11.7 Å². The molecular weight excluding hydrogens is 247 g/mol. The number of aliphatic hydroxyl groups excluding tert-OH is 1. The SMILES string of the molecule is OC(CNc1cc(F)cc(F)c1F)c1ccco1. The molecule has 1 aromatic heterocycles. The first-order valence-electron chi connectivity index (χ1n) is 5.18. The zero-order chi connectivity index (χ0) is 13.1. The van der Waals surface area contributed by atoms with E-state index in [1.54, 1.807) is 6.07 Å². The van der Waals surface area contributed by atoms with Crippen LogP contribution in [0, 0.1) is 17.5 Å². The average molecular weight is 257 g/mol. The van der Waals surface area contributed by atoms with Crippen molar-refractivity contribution in [3.8, 4) is 0 Å². The molecule has 0 bridgehead atoms. The maximum Gasteiger partial charge on any atom is 0.182 e. The van der Waals surface area contributed by atoms with Crippen molar-refractivity contribution in [3.63, 3.8) is 0 Å². The van der Waals surface area contributed by atoms with Gasteiger partial charge in [-0.1, -0.05) is 0 Å². The number of anilines is 1. The topological polar surface area (TPSA) is 45.4 Å². The first-order chi connectivity index (χ1) is 8.58. The average Bonchev–Trinajstić information content (AvgIpc) is 2.85. The second-order valence-corrected chi connectivity index (χ2v) is 3.66. The number of benzene rings is 1. The summed E-state index contributed by atoms with van der Waals surface area (Å²) < 4.78 is 44.0. The zero-order valence-corrected chi connectivity index (χ0v) is 9.16. The van der Waals surface area contributed by atoms with Crippen molar-refractivity contribution in [1.82, 2.24) is 0 Å². The van der Waals surface area contributed by atoms with Crippen LogP contribution in [0.5, 0.6) is 0 Å². The van der Waals surface area contributed by atoms with E-state index in [9.17, 15) is 18.3 Å². The number of hydrogen-bond donors (Lipinski definition) is 2. The van der Waals surface area contributed by atoms with Gasteiger partial charge in [0, 0.05) is 18.7 Å². The molecule has 0 spiro atoms. The van der Waals surface area contributed by atoms with E-state index in [1.165, 1.54) is 12.3 Å². The molecule has 0 aliphatic carbocycles. The Hall–Kier alpha value is -1.95. The minimum absolute atomic E-state index is 0.132. The Balaban J connectivity index is 2.06. The van der Waals surface area contributed by atoms with Crippen LogP contribution in [-0.2, 0) is 0 Å². The summed E-state index contributed by atoms with van der Waals surface area (Å²) in [5.41, 5.74) is -0.349. The van der Waals surface area contributed by atoms with Crippen LogP contribution in [0.25, 0.3) is 0 Å². The fraction of sp³-hybridized carbons (Fsp3) is 0.167. The molecule has 18 heavy (non-hydrogen) atoms. The normalized spacial score (nSPS) is 12.4. The maximum absolute atomic E-state index is 13.3. The van der Waals surface area contributed by atoms with Gasteiger partial charge in [0.2, 0.25) is 0 Å². The van der Waals surface area contributed by atoms with Gasteiger partial charge in [-0.15, -0.1) is 0 Å². The zero-order valence-electron chi connectivity index (χ0n) is 9.16. The predicted molar refractivity (Wildman–Crippen MR) is 58.5 cm³/mol. The Kier molecular flexibility index (Phi) is 3.57. The number of furan rings is 1. The van der Waals surface area contributed by atoms with Crippen molar-refractivity contribution in [2.75, 3.05) is 11.9 Å². The molecule has 1 aromatic carbocycles. The lowest BCUT2D eigenvalue weighted by Crippen LogP contribution is -2.13. The maximum atomic E-state index is 13.3. The number of nitrogens with one attached hydrogen (secondary N) is 1. The summed E-state index contributed by atoms with van der Waals surface area (Å²) >= 11 is 0. The molecule has 2 N–H and O–H groups in total. The molecule has 3 nitrogen and oxygen atoms in total. The summed E-state index contributed by atoms with van der Waals surface area (Å²) in [5, 5.41) is 12.1. The molecule has 0 amide bonds. The Bertz CT molecular complexity index is 528. The van der Waals surface area contributed by atoms with Crippen molar-refractivity contribution < 1.29 is 22.7 Å². The van der Waals surface area contributed by atoms with E-state index < -0.39 is 23.6 Å². The lowest BCUT2D eigenvalue weighted by atomic mass is 10.2. The molecule has 0 radical (unpaired) electrons. The van der Waals surface area contributed by atoms with Crippen LogP contribution in [0.1, 0.15) is 11.9 Å². The highest BCUT2D eigenvalue weighted by molar-refractivity contribution is 5.45. The molecule has 1 unspecified atom stereocenters. The van der Waals surface area contributed by atoms with Gasteiger partial charge in [-0.25, -0.2) is 13.2 Å². The van der Waals surface area contributed by atoms with Crippen LogP contribution < -0.4 is 5.32 Å². The van der Waals surface area contributed by atoms with Gasteiger partial charge in [0.15, 0.2) is 11.6 Å². The molecular formula is C12H10F3NO2. The van der Waals surface area contributed by atoms with Gasteiger partial charge in [0.25, 0.3) is 0 Å². The molecule has 1 atom stereocenters. The molecule has 1 heterocycles. The van der Waals surface area contributed by atoms with E-state index in [0.29, 0.717) is 6.07 Å². The van der Waals surface area contributed by atoms with Crippen LogP contribution in [0.2, 0.25) is 0 Å². The lowest BCUT2D eigenvalue weighted by Gasteiger charge is -2.11. The molecule has 0 aliphatic heterocycles. The molecule has 0 saturated heterocycles. The number of rotatable bonds is 4. The van der Waals surface area contributed by atoms with E-state index in [1.807, 2.05) is 0 Å². The van der Waals surface area contributed by atoms with Crippen molar-refractivity contribution in [1.29, 1.82) is 0 Å². The van der Waals surface area contributed by atoms with E-state index >= 15 is 0 Å². The molecule has 2 rings (SSSR count). The molecule has 96 valence electrons. The van der Waals surface area contributed by atoms with E-state index in [2.05, 4.69) is 5.32 Å². The van der Waals surface area contributed by atoms with Crippen molar-refractivity contribution in [2.45, 2.75) is 6.10 Å². The van der Waals surface area contributed by atoms with Crippen molar-refractivity contribution in [3.05, 3.63) is 53.7 Å². The lowest BCUT2D eigenvalue weighted by molar-refractivity contribution is 0.162. The smallest absolute Gasteiger partial charge is 0.182 e. The molecule has 0 saturated carbocycles. The summed E-state index contributed by atoms with van der Waals surface area (Å²) in [6.45, 7) is -0.132. The van der Waals surface area contributed by atoms with Gasteiger partial charge in [-0.05, 0) is 12.1 Å². The summed E-state index contributed by atoms with van der Waals surface area (Å²) in [6.07, 6.45) is 0.340. The highest BCUT2D eigenvalue weighted by Gasteiger charge is 2.14. The second-order valence-electron chi connectivity index (χ2n) is 3.66. The van der Waals surface area contributed by atoms with Gasteiger partial charge < -0.3 is 14.8 Å². The van der Waals surface area contributed by atoms with Crippen LogP contribution in [0.3, 0.4) is 0 Å². The number of aliphatic hydroxyl groups is 1. The van der Waals surface area contributed by atoms with Gasteiger partial charge in [-0.3, -0.25) is 0 Å². The monoisotopic (exact) mass is 257 g/mol. The second kappa shape index (κ2) is 5.14. The van der Waals surface area contributed by atoms with Crippen LogP contribution in [0.4, 0.5) is 18.9 Å². The summed E-state index contributed by atoms with van der Waals surface area (Å²) in [7, 11) is 0. The summed E-state index contributed by atoms with van der Waals surface area (Å²) in [4.78, 5) is 0. The predicted octanol–water partition coefficient (Wildman–Crippen LogP) is 2.84. The Morgan fingerprint density at radius 2 is 2.06 bits per heavy atom. The fourth-order valence-electron chi connectivity index (χ4n) is 1.47. The number of hydrogen-bond acceptors (Lipinski definition) is 3. The minimum Gasteiger partial charge on any atom is -0.467 e. The van der Waals surface area contributed by atoms with Gasteiger partial charge >= 0.3 is 0 Å². The van der Waals surface area contributed by atoms with E-state index in [-0.39, 0.29) is 18.0 Å². The standard InChI is InChI=1S/C12H10F3NO2/c13-7-4-8(14)12(15)9(5-7)16-6-10(17)11-2-1-3-18-11/h1-5,10,16-17H,6H2. The van der Waals surface area contributed by atoms with Gasteiger partial charge in [0.05, 0.1) is 12.0 Å². The van der Waals surface area contributed by atoms with Gasteiger partial charge in [-0.2, -0.15) is 0 Å². The van der Waals surface area contributed by atoms with Crippen LogP contribution in [0.15, 0.2) is 34.9 Å². The minimum atomic E-state index is -1.29. The Morgan fingerprint density at radius 1 is 1.28 bits per heavy atom. The molecule has 0 aliphatic rings. The fourth-order valence-corrected chi connectivity index (χ4v) is 1.47. The first kappa shape index (κ1) is 12.5. The third-order valence-corrected chi connectivity index (χ3v) is 2.35. The summed E-state index contributed by atoms with van der Waals surface area (Å²) in [6, 6.07) is 4.38. The van der Waals surface area contributed by atoms with Gasteiger partial charge in [0.1, 0.15) is 17.7 Å². The van der Waals surface area contributed by atoms with E-state index in [0.717, 1.165) is 6.07 Å². The van der Waals surface area contributed by atoms with E-state index in [4.69, 9.17) is 4.42 Å². The van der Waals surface area contributed by atoms with Crippen molar-refractivity contribution >= 4 is 5.69 Å². The molecule has 6 heteroatoms. The molecule has 0 fully saturated rings. The molecule has 2 aromatic rings. The van der Waals surface area contributed by atoms with Crippen LogP contribution >= 0.6 is 0 Å². The highest BCUT2D eigenvalue weighted by Crippen LogP contribution is 2.21. The third-order valence-electron chi connectivity index (χ3n) is 2.35. The third kappa shape index (κ3) is 2.65.